The topological polar surface area (TPSA) is 165 Å². The number of aliphatic hydroxyl groups excluding tert-OH is 2. The van der Waals surface area contributed by atoms with E-state index in [-0.39, 0.29) is 30.1 Å². The zero-order valence-electron chi connectivity index (χ0n) is 29.2. The molecule has 2 aliphatic carbocycles. The fourth-order valence-corrected chi connectivity index (χ4v) is 5.56. The number of unbranched alkanes of at least 4 members (excludes halogenated alkanes) is 6. The average Bonchev–Trinajstić information content (AvgIpc) is 3.04. The van der Waals surface area contributed by atoms with Crippen LogP contribution in [-0.4, -0.2) is 53.3 Å². The van der Waals surface area contributed by atoms with Crippen molar-refractivity contribution < 1.29 is 29.5 Å². The molecule has 0 aliphatic heterocycles. The largest absolute Gasteiger partial charge is 0.427 e. The number of carbonyl (C=O) groups is 2. The summed E-state index contributed by atoms with van der Waals surface area (Å²) in [5.41, 5.74) is 5.23. The van der Waals surface area contributed by atoms with Crippen LogP contribution in [0.2, 0.25) is 0 Å². The minimum absolute atomic E-state index is 0.0160. The molecule has 2 unspecified atom stereocenters. The van der Waals surface area contributed by atoms with E-state index in [1.807, 2.05) is 0 Å². The highest BCUT2D eigenvalue weighted by Gasteiger charge is 2.15. The lowest BCUT2D eigenvalue weighted by Crippen LogP contribution is -2.26. The number of hydrogen-bond donors (Lipinski definition) is 4. The second kappa shape index (κ2) is 30.0. The van der Waals surface area contributed by atoms with Gasteiger partial charge in [0.15, 0.2) is 0 Å². The summed E-state index contributed by atoms with van der Waals surface area (Å²) in [5.74, 6) is 0.919. The van der Waals surface area contributed by atoms with Crippen LogP contribution in [0.5, 0.6) is 5.75 Å². The van der Waals surface area contributed by atoms with Gasteiger partial charge in [0.2, 0.25) is 5.91 Å². The number of nitrogens with zero attached hydrogens (tertiary/aromatic N) is 1. The Balaban J connectivity index is 0.000000395. The van der Waals surface area contributed by atoms with Crippen molar-refractivity contribution in [1.82, 2.24) is 5.32 Å². The quantitative estimate of drug-likeness (QED) is 0.0326. The highest BCUT2D eigenvalue weighted by Crippen LogP contribution is 2.23. The second-order valence-electron chi connectivity index (χ2n) is 12.7. The van der Waals surface area contributed by atoms with Gasteiger partial charge < -0.3 is 26.0 Å². The number of nitrogens with two attached hydrogens (primary N) is 1. The number of esters is 1. The zero-order valence-corrected chi connectivity index (χ0v) is 29.2. The summed E-state index contributed by atoms with van der Waals surface area (Å²) < 4.78 is 5.23. The SMILES string of the molecule is NCCCCCCO.O=C(CC1/C=C/CCCCC1)NCCCCCCO.O=C(CC1/C=C/CCCCC1)Oc1ccc([N+](=O)[O-])cc1. The predicted molar refractivity (Wildman–Crippen MR) is 193 cm³/mol. The van der Waals surface area contributed by atoms with Crippen molar-refractivity contribution in [1.29, 1.82) is 0 Å². The molecule has 10 heteroatoms. The van der Waals surface area contributed by atoms with Crippen LogP contribution in [0.25, 0.3) is 0 Å². The maximum absolute atomic E-state index is 11.9. The van der Waals surface area contributed by atoms with Gasteiger partial charge in [0.05, 0.1) is 11.3 Å². The first-order chi connectivity index (χ1) is 23.4. The maximum Gasteiger partial charge on any atom is 0.311 e. The molecule has 2 aliphatic rings. The van der Waals surface area contributed by atoms with Crippen LogP contribution < -0.4 is 15.8 Å². The summed E-state index contributed by atoms with van der Waals surface area (Å²) in [4.78, 5) is 33.8. The molecule has 5 N–H and O–H groups in total. The normalized spacial score (nSPS) is 18.9. The molecule has 0 bridgehead atoms. The highest BCUT2D eigenvalue weighted by atomic mass is 16.6. The number of non-ortho nitro benzene ring substituents is 1. The molecule has 10 nitrogen and oxygen atoms in total. The Kier molecular flexibility index (Phi) is 26.9. The number of ether oxygens (including phenoxy) is 1. The lowest BCUT2D eigenvalue weighted by Gasteiger charge is -2.14. The number of allylic oxidation sites excluding steroid dienone is 4. The van der Waals surface area contributed by atoms with Gasteiger partial charge in [0.25, 0.3) is 5.69 Å². The molecule has 1 aromatic carbocycles. The number of carbonyl (C=O) groups excluding carboxylic acids is 2. The van der Waals surface area contributed by atoms with Gasteiger partial charge in [-0.25, -0.2) is 0 Å². The predicted octanol–water partition coefficient (Wildman–Crippen LogP) is 7.71. The Labute approximate surface area is 288 Å². The molecule has 1 amide bonds. The number of nitro benzene ring substituents is 1. The summed E-state index contributed by atoms with van der Waals surface area (Å²) in [6.45, 7) is 2.16. The lowest BCUT2D eigenvalue weighted by molar-refractivity contribution is -0.384. The molecule has 0 spiro atoms. The average molecular weight is 674 g/mol. The van der Waals surface area contributed by atoms with Gasteiger partial charge in [0, 0.05) is 38.3 Å². The van der Waals surface area contributed by atoms with Crippen molar-refractivity contribution in [3.63, 3.8) is 0 Å². The Bertz CT molecular complexity index is 1020. The van der Waals surface area contributed by atoms with Crippen LogP contribution >= 0.6 is 0 Å². The minimum Gasteiger partial charge on any atom is -0.427 e. The van der Waals surface area contributed by atoms with Crippen LogP contribution in [0.3, 0.4) is 0 Å². The third kappa shape index (κ3) is 24.1. The van der Waals surface area contributed by atoms with Gasteiger partial charge in [-0.1, -0.05) is 75.7 Å². The molecule has 48 heavy (non-hydrogen) atoms. The number of rotatable bonds is 17. The van der Waals surface area contributed by atoms with Crippen LogP contribution in [-0.2, 0) is 9.59 Å². The summed E-state index contributed by atoms with van der Waals surface area (Å²) in [6, 6.07) is 5.56. The molecule has 0 radical (unpaired) electrons. The summed E-state index contributed by atoms with van der Waals surface area (Å²) >= 11 is 0. The number of hydrogen-bond acceptors (Lipinski definition) is 8. The van der Waals surface area contributed by atoms with E-state index in [1.165, 1.54) is 62.8 Å². The number of nitro groups is 1. The Morgan fingerprint density at radius 2 is 1.31 bits per heavy atom. The third-order valence-corrected chi connectivity index (χ3v) is 8.38. The molecular weight excluding hydrogens is 610 g/mol. The van der Waals surface area contributed by atoms with E-state index in [4.69, 9.17) is 20.7 Å². The Morgan fingerprint density at radius 3 is 1.85 bits per heavy atom. The third-order valence-electron chi connectivity index (χ3n) is 8.38. The molecule has 0 fully saturated rings. The van der Waals surface area contributed by atoms with E-state index in [1.54, 1.807) is 0 Å². The van der Waals surface area contributed by atoms with Gasteiger partial charge in [-0.15, -0.1) is 0 Å². The van der Waals surface area contributed by atoms with E-state index in [2.05, 4.69) is 29.6 Å². The van der Waals surface area contributed by atoms with E-state index < -0.39 is 4.92 Å². The second-order valence-corrected chi connectivity index (χ2v) is 12.7. The first kappa shape index (κ1) is 42.9. The minimum atomic E-state index is -0.481. The number of benzene rings is 1. The maximum atomic E-state index is 11.9. The van der Waals surface area contributed by atoms with Gasteiger partial charge in [-0.05, 0) is 94.7 Å². The standard InChI is InChI=1S/C16H19NO4.C16H29NO2.C6H15NO/c18-16(12-13-6-4-2-1-3-5-7-13)21-15-10-8-14(9-11-15)17(19)20;18-13-9-5-4-8-12-17-16(19)14-15-10-6-2-1-3-7-11-15;7-5-3-1-2-4-6-8/h4,6,8-11,13H,1-3,5,7,12H2;6,10,15,18H,1-5,7-9,11-14H2,(H,17,19);8H,1-7H2/b6-4+;10-6+;. The number of amides is 1. The van der Waals surface area contributed by atoms with Crippen molar-refractivity contribution in [3.8, 4) is 5.75 Å². The molecule has 272 valence electrons. The van der Waals surface area contributed by atoms with Gasteiger partial charge in [0.1, 0.15) is 5.75 Å². The zero-order chi connectivity index (χ0) is 35.1. The summed E-state index contributed by atoms with van der Waals surface area (Å²) in [7, 11) is 0. The fourth-order valence-electron chi connectivity index (χ4n) is 5.56. The lowest BCUT2D eigenvalue weighted by atomic mass is 9.94. The van der Waals surface area contributed by atoms with Gasteiger partial charge >= 0.3 is 5.97 Å². The van der Waals surface area contributed by atoms with Crippen LogP contribution in [0, 0.1) is 22.0 Å². The Morgan fingerprint density at radius 1 is 0.771 bits per heavy atom. The number of nitrogens with one attached hydrogen (secondary N) is 1. The van der Waals surface area contributed by atoms with Crippen molar-refractivity contribution in [3.05, 3.63) is 58.7 Å². The van der Waals surface area contributed by atoms with E-state index in [0.717, 1.165) is 90.1 Å². The summed E-state index contributed by atoms with van der Waals surface area (Å²) in [5, 5.41) is 30.5. The van der Waals surface area contributed by atoms with Crippen molar-refractivity contribution >= 4 is 17.6 Å². The number of aliphatic hydroxyl groups is 2. The van der Waals surface area contributed by atoms with Crippen LogP contribution in [0.4, 0.5) is 5.69 Å². The fraction of sp³-hybridized carbons (Fsp3) is 0.684. The highest BCUT2D eigenvalue weighted by molar-refractivity contribution is 5.76. The molecule has 2 atom stereocenters. The van der Waals surface area contributed by atoms with Gasteiger partial charge in [-0.3, -0.25) is 19.7 Å². The smallest absolute Gasteiger partial charge is 0.311 e. The van der Waals surface area contributed by atoms with E-state index in [0.29, 0.717) is 31.1 Å². The molecule has 0 saturated heterocycles. The van der Waals surface area contributed by atoms with Crippen molar-refractivity contribution in [2.45, 2.75) is 128 Å². The van der Waals surface area contributed by atoms with Crippen molar-refractivity contribution in [2.75, 3.05) is 26.3 Å². The van der Waals surface area contributed by atoms with Crippen LogP contribution in [0.1, 0.15) is 128 Å². The molecule has 0 heterocycles. The van der Waals surface area contributed by atoms with Crippen LogP contribution in [0.15, 0.2) is 48.6 Å². The molecule has 3 rings (SSSR count). The first-order valence-corrected chi connectivity index (χ1v) is 18.4. The monoisotopic (exact) mass is 673 g/mol. The van der Waals surface area contributed by atoms with E-state index in [9.17, 15) is 19.7 Å². The molecular formula is C38H63N3O7. The first-order valence-electron chi connectivity index (χ1n) is 18.4. The summed E-state index contributed by atoms with van der Waals surface area (Å²) in [6.07, 6.45) is 29.9. The van der Waals surface area contributed by atoms with Crippen molar-refractivity contribution in [2.24, 2.45) is 17.6 Å². The van der Waals surface area contributed by atoms with E-state index >= 15 is 0 Å². The molecule has 0 aromatic heterocycles. The Hall–Kier alpha value is -3.08. The molecule has 0 saturated carbocycles. The van der Waals surface area contributed by atoms with Gasteiger partial charge in [-0.2, -0.15) is 0 Å². The molecule has 1 aromatic rings.